The molecule has 1 amide bonds. The summed E-state index contributed by atoms with van der Waals surface area (Å²) in [4.78, 5) is 63.3. The maximum Gasteiger partial charge on any atom is 0.410 e. The van der Waals surface area contributed by atoms with Crippen LogP contribution in [-0.2, 0) is 51.0 Å². The van der Waals surface area contributed by atoms with Gasteiger partial charge in [-0.25, -0.2) is 4.79 Å². The number of carbonyl (C=O) groups excluding carboxylic acids is 4. The van der Waals surface area contributed by atoms with Gasteiger partial charge in [-0.2, -0.15) is 0 Å². The lowest BCUT2D eigenvalue weighted by atomic mass is 9.75. The van der Waals surface area contributed by atoms with E-state index in [1.54, 1.807) is 30.4 Å². The van der Waals surface area contributed by atoms with Gasteiger partial charge in [0.25, 0.3) is 0 Å². The number of hydrogen-bond donors (Lipinski definition) is 2. The predicted octanol–water partition coefficient (Wildman–Crippen LogP) is 4.94. The number of para-hydroxylation sites is 1. The number of benzene rings is 1. The van der Waals surface area contributed by atoms with E-state index in [0.29, 0.717) is 38.8 Å². The van der Waals surface area contributed by atoms with E-state index in [1.807, 2.05) is 70.4 Å². The summed E-state index contributed by atoms with van der Waals surface area (Å²) in [5.41, 5.74) is 1.79. The summed E-state index contributed by atoms with van der Waals surface area (Å²) in [5.74, 6) is -4.90. The smallest absolute Gasteiger partial charge is 0.410 e. The molecule has 1 aromatic carbocycles. The number of methoxy groups -OCH3 is 1. The Kier molecular flexibility index (Phi) is 14.8. The number of H-pyrrole nitrogens is 1. The molecule has 0 saturated carbocycles. The SMILES string of the molecule is CC[C@H]1OC(=O)[C@H](C)C(=O)[C@H](C)[C@@H](O[C@@H]2O[C@H](C)C[C@H](N(C)C)[C@H]2O)[C@@](C)(OC)C[C@@H](C)C(=O)[C@H](C)[C@@H]2C1OC(=O)N2CCCCn1cc(Cc2c[nH]c3ccccc23)nn1. The zero-order chi connectivity index (χ0) is 44.3. The molecule has 0 aliphatic carbocycles. The molecule has 3 aromatic rings. The second kappa shape index (κ2) is 19.4. The molecule has 13 atom stereocenters. The number of nitrogens with zero attached hydrogens (tertiary/aromatic N) is 5. The van der Waals surface area contributed by atoms with Crippen molar-refractivity contribution in [2.75, 3.05) is 27.7 Å². The molecule has 3 aliphatic heterocycles. The van der Waals surface area contributed by atoms with E-state index in [0.717, 1.165) is 22.2 Å². The monoisotopic (exact) mass is 850 g/mol. The normalized spacial score (nSPS) is 34.4. The molecule has 3 fully saturated rings. The Morgan fingerprint density at radius 1 is 1.00 bits per heavy atom. The van der Waals surface area contributed by atoms with Crippen LogP contribution in [0.5, 0.6) is 0 Å². The maximum atomic E-state index is 14.6. The summed E-state index contributed by atoms with van der Waals surface area (Å²) < 4.78 is 32.8. The Morgan fingerprint density at radius 2 is 1.72 bits per heavy atom. The van der Waals surface area contributed by atoms with E-state index in [1.165, 1.54) is 14.0 Å². The van der Waals surface area contributed by atoms with E-state index in [9.17, 15) is 24.3 Å². The summed E-state index contributed by atoms with van der Waals surface area (Å²) >= 11 is 0. The minimum absolute atomic E-state index is 0.132. The Labute approximate surface area is 358 Å². The molecule has 0 spiro atoms. The van der Waals surface area contributed by atoms with E-state index in [2.05, 4.69) is 21.4 Å². The minimum atomic E-state index is -1.27. The molecular formula is C45H66N6O10. The van der Waals surface area contributed by atoms with Crippen molar-refractivity contribution in [3.05, 3.63) is 47.9 Å². The highest BCUT2D eigenvalue weighted by Gasteiger charge is 2.54. The fourth-order valence-electron chi connectivity index (χ4n) is 9.73. The van der Waals surface area contributed by atoms with Crippen LogP contribution in [0.15, 0.2) is 36.7 Å². The third-order valence-corrected chi connectivity index (χ3v) is 13.3. The Hall–Kier alpha value is -4.22. The molecule has 16 nitrogen and oxygen atoms in total. The van der Waals surface area contributed by atoms with Gasteiger partial charge in [0.05, 0.1) is 29.5 Å². The number of unbranched alkanes of at least 4 members (excludes halogenated alkanes) is 1. The van der Waals surface area contributed by atoms with Gasteiger partial charge < -0.3 is 43.6 Å². The average molecular weight is 851 g/mol. The number of nitrogens with one attached hydrogen (secondary N) is 1. The highest BCUT2D eigenvalue weighted by molar-refractivity contribution is 6.00. The molecule has 61 heavy (non-hydrogen) atoms. The first-order valence-corrected chi connectivity index (χ1v) is 21.9. The molecular weight excluding hydrogens is 785 g/mol. The summed E-state index contributed by atoms with van der Waals surface area (Å²) in [6.07, 6.45) is 0.874. The van der Waals surface area contributed by atoms with Crippen LogP contribution < -0.4 is 0 Å². The molecule has 2 aromatic heterocycles. The zero-order valence-electron chi connectivity index (χ0n) is 37.4. The lowest BCUT2D eigenvalue weighted by Gasteiger charge is -2.47. The molecule has 3 aliphatic rings. The number of hydrogen-bond acceptors (Lipinski definition) is 13. The van der Waals surface area contributed by atoms with E-state index < -0.39 is 83.9 Å². The summed E-state index contributed by atoms with van der Waals surface area (Å²) in [6, 6.07) is 7.10. The van der Waals surface area contributed by atoms with Crippen LogP contribution in [0.4, 0.5) is 4.79 Å². The van der Waals surface area contributed by atoms with E-state index in [-0.39, 0.29) is 30.8 Å². The lowest BCUT2D eigenvalue weighted by molar-refractivity contribution is -0.295. The van der Waals surface area contributed by atoms with E-state index in [4.69, 9.17) is 23.7 Å². The quantitative estimate of drug-likeness (QED) is 0.142. The largest absolute Gasteiger partial charge is 0.458 e. The number of Topliss-reactive ketones (excluding diaryl/α,β-unsaturated/α-hetero) is 2. The number of aliphatic hydroxyl groups is 1. The Bertz CT molecular complexity index is 2000. The summed E-state index contributed by atoms with van der Waals surface area (Å²) in [6.45, 7) is 13.1. The van der Waals surface area contributed by atoms with Crippen molar-refractivity contribution >= 4 is 34.5 Å². The predicted molar refractivity (Wildman–Crippen MR) is 225 cm³/mol. The van der Waals surface area contributed by atoms with Gasteiger partial charge in [0, 0.05) is 73.7 Å². The topological polar surface area (TPSA) is 188 Å². The fourth-order valence-corrected chi connectivity index (χ4v) is 9.73. The third kappa shape index (κ3) is 9.88. The highest BCUT2D eigenvalue weighted by Crippen LogP contribution is 2.39. The highest BCUT2D eigenvalue weighted by atomic mass is 16.7. The van der Waals surface area contributed by atoms with Crippen molar-refractivity contribution < 1.29 is 48.0 Å². The number of aromatic nitrogens is 4. The average Bonchev–Trinajstić information content (AvgIpc) is 3.96. The molecule has 336 valence electrons. The number of fused-ring (bicyclic) bond motifs is 2. The van der Waals surface area contributed by atoms with Crippen molar-refractivity contribution in [3.63, 3.8) is 0 Å². The number of likely N-dealkylation sites (N-methyl/N-ethyl adjacent to an activating group) is 1. The second-order valence-corrected chi connectivity index (χ2v) is 18.0. The maximum absolute atomic E-state index is 14.6. The number of amides is 1. The number of ether oxygens (including phenoxy) is 5. The van der Waals surface area contributed by atoms with Gasteiger partial charge in [0.2, 0.25) is 0 Å². The number of aromatic amines is 1. The number of cyclic esters (lactones) is 1. The Morgan fingerprint density at radius 3 is 2.43 bits per heavy atom. The van der Waals surface area contributed by atoms with Crippen LogP contribution in [0.25, 0.3) is 10.9 Å². The summed E-state index contributed by atoms with van der Waals surface area (Å²) in [7, 11) is 5.24. The molecule has 2 N–H and O–H groups in total. The van der Waals surface area contributed by atoms with Gasteiger partial charge in [-0.05, 0) is 78.6 Å². The van der Waals surface area contributed by atoms with Crippen molar-refractivity contribution in [3.8, 4) is 0 Å². The molecule has 6 rings (SSSR count). The molecule has 3 saturated heterocycles. The zero-order valence-corrected chi connectivity index (χ0v) is 37.4. The van der Waals surface area contributed by atoms with Crippen molar-refractivity contribution in [2.45, 2.75) is 148 Å². The van der Waals surface area contributed by atoms with Gasteiger partial charge in [-0.1, -0.05) is 51.1 Å². The molecule has 0 bridgehead atoms. The van der Waals surface area contributed by atoms with Crippen LogP contribution in [0.3, 0.4) is 0 Å². The number of carbonyl (C=O) groups is 4. The van der Waals surface area contributed by atoms with Crippen LogP contribution in [0.1, 0.15) is 91.8 Å². The first kappa shape index (κ1) is 46.3. The fraction of sp³-hybridized carbons (Fsp3) is 0.689. The van der Waals surface area contributed by atoms with Gasteiger partial charge in [-0.3, -0.25) is 19.1 Å². The molecule has 5 heterocycles. The number of esters is 1. The van der Waals surface area contributed by atoms with E-state index >= 15 is 0 Å². The first-order valence-electron chi connectivity index (χ1n) is 21.9. The van der Waals surface area contributed by atoms with Crippen LogP contribution >= 0.6 is 0 Å². The van der Waals surface area contributed by atoms with Crippen LogP contribution in [-0.4, -0.2) is 141 Å². The third-order valence-electron chi connectivity index (χ3n) is 13.3. The van der Waals surface area contributed by atoms with Gasteiger partial charge in [-0.15, -0.1) is 5.10 Å². The van der Waals surface area contributed by atoms with Crippen molar-refractivity contribution in [1.82, 2.24) is 29.8 Å². The number of aryl methyl sites for hydroxylation is 1. The van der Waals surface area contributed by atoms with Gasteiger partial charge in [0.15, 0.2) is 18.2 Å². The Balaban J connectivity index is 1.21. The van der Waals surface area contributed by atoms with Gasteiger partial charge >= 0.3 is 12.1 Å². The molecule has 0 radical (unpaired) electrons. The van der Waals surface area contributed by atoms with Gasteiger partial charge in [0.1, 0.15) is 23.9 Å². The molecule has 1 unspecified atom stereocenters. The van der Waals surface area contributed by atoms with Crippen LogP contribution in [0, 0.1) is 23.7 Å². The lowest BCUT2D eigenvalue weighted by Crippen LogP contribution is -2.59. The van der Waals surface area contributed by atoms with Crippen molar-refractivity contribution in [1.29, 1.82) is 0 Å². The molecule has 16 heteroatoms. The number of rotatable bonds is 12. The number of aliphatic hydroxyl groups excluding tert-OH is 1. The minimum Gasteiger partial charge on any atom is -0.458 e. The summed E-state index contributed by atoms with van der Waals surface area (Å²) in [5, 5.41) is 21.3. The first-order chi connectivity index (χ1) is 29.0. The van der Waals surface area contributed by atoms with Crippen LogP contribution in [0.2, 0.25) is 0 Å². The van der Waals surface area contributed by atoms with Crippen molar-refractivity contribution in [2.24, 2.45) is 23.7 Å². The number of ketones is 2. The standard InChI is InChI=1S/C45H66N6O10/c1-11-35-40-36(51(44(56)60-40)19-15-14-18-50-24-31(47-48-50)21-30-23-46-33-17-13-12-16-32(30)33)27(4)37(52)25(2)22-45(7,57-10)41(28(5)38(53)29(6)42(55)59-35)61-43-39(54)34(49(8)9)20-26(3)58-43/h12-13,16-17,23-29,34-36,39-41,43,46,54H,11,14-15,18-22H2,1-10H3/t25-,26-,27-,28+,29-,34+,35-,36-,39-,40?,41-,43+,45+/m1/s1. The second-order valence-electron chi connectivity index (χ2n) is 18.0.